The van der Waals surface area contributed by atoms with Crippen molar-refractivity contribution in [1.29, 1.82) is 0 Å². The van der Waals surface area contributed by atoms with Crippen LogP contribution in [0.5, 0.6) is 0 Å². The fourth-order valence-electron chi connectivity index (χ4n) is 1.55. The molecule has 0 heterocycles. The Morgan fingerprint density at radius 2 is 1.85 bits per heavy atom. The topological polar surface area (TPSA) is 63.5 Å². The molecule has 6 heteroatoms. The first-order valence-corrected chi connectivity index (χ1v) is 7.49. The summed E-state index contributed by atoms with van der Waals surface area (Å²) in [6, 6.07) is 6.62. The third-order valence-corrected chi connectivity index (χ3v) is 4.32. The number of nitro groups is 1. The molecule has 1 atom stereocenters. The van der Waals surface area contributed by atoms with Crippen LogP contribution in [0.3, 0.4) is 0 Å². The number of benzene rings is 1. The van der Waals surface area contributed by atoms with Crippen molar-refractivity contribution in [3.05, 3.63) is 39.9 Å². The summed E-state index contributed by atoms with van der Waals surface area (Å²) in [5, 5.41) is 10.4. The Hall–Kier alpha value is -1.56. The molecule has 1 amide bonds. The molecule has 0 N–H and O–H groups in total. The fourth-order valence-corrected chi connectivity index (χ4v) is 2.49. The molecular weight excluding hydrogens is 276 g/mol. The van der Waals surface area contributed by atoms with E-state index in [4.69, 9.17) is 0 Å². The van der Waals surface area contributed by atoms with E-state index >= 15 is 0 Å². The summed E-state index contributed by atoms with van der Waals surface area (Å²) in [7, 11) is 1.80. The van der Waals surface area contributed by atoms with Gasteiger partial charge in [-0.1, -0.05) is 12.1 Å². The van der Waals surface area contributed by atoms with Gasteiger partial charge in [0.1, 0.15) is 0 Å². The lowest BCUT2D eigenvalue weighted by Gasteiger charge is -2.24. The molecule has 0 unspecified atom stereocenters. The average molecular weight is 296 g/mol. The molecule has 0 aliphatic heterocycles. The second-order valence-corrected chi connectivity index (χ2v) is 6.25. The zero-order valence-corrected chi connectivity index (χ0v) is 13.0. The van der Waals surface area contributed by atoms with Crippen molar-refractivity contribution in [3.63, 3.8) is 0 Å². The molecule has 1 rings (SSSR count). The normalized spacial score (nSPS) is 12.2. The van der Waals surface area contributed by atoms with E-state index in [1.54, 1.807) is 24.1 Å². The van der Waals surface area contributed by atoms with Gasteiger partial charge in [-0.15, -0.1) is 11.8 Å². The molecule has 0 saturated carbocycles. The quantitative estimate of drug-likeness (QED) is 0.598. The van der Waals surface area contributed by atoms with E-state index < -0.39 is 4.92 Å². The highest BCUT2D eigenvalue weighted by Crippen LogP contribution is 2.21. The number of carbonyl (C=O) groups is 1. The molecule has 20 heavy (non-hydrogen) atoms. The predicted octanol–water partition coefficient (Wildman–Crippen LogP) is 3.08. The van der Waals surface area contributed by atoms with Crippen LogP contribution in [0.4, 0.5) is 5.69 Å². The van der Waals surface area contributed by atoms with Crippen LogP contribution >= 0.6 is 11.8 Å². The third-order valence-electron chi connectivity index (χ3n) is 3.12. The molecule has 0 radical (unpaired) electrons. The van der Waals surface area contributed by atoms with Gasteiger partial charge in [-0.05, 0) is 26.3 Å². The molecule has 5 nitrogen and oxygen atoms in total. The van der Waals surface area contributed by atoms with Crippen LogP contribution in [0.15, 0.2) is 24.3 Å². The Balaban J connectivity index is 2.54. The Morgan fingerprint density at radius 1 is 1.30 bits per heavy atom. The summed E-state index contributed by atoms with van der Waals surface area (Å²) in [5.41, 5.74) is 1.06. The predicted molar refractivity (Wildman–Crippen MR) is 81.8 cm³/mol. The second-order valence-electron chi connectivity index (χ2n) is 4.92. The number of nitro benzene ring substituents is 1. The molecule has 0 bridgehead atoms. The summed E-state index contributed by atoms with van der Waals surface area (Å²) in [4.78, 5) is 23.9. The first-order valence-electron chi connectivity index (χ1n) is 6.44. The van der Waals surface area contributed by atoms with Gasteiger partial charge in [-0.2, -0.15) is 0 Å². The van der Waals surface area contributed by atoms with Crippen LogP contribution in [0.25, 0.3) is 0 Å². The lowest BCUT2D eigenvalue weighted by atomic mass is 10.2. The van der Waals surface area contributed by atoms with Crippen LogP contribution in [0, 0.1) is 10.1 Å². The van der Waals surface area contributed by atoms with Crippen LogP contribution in [0.2, 0.25) is 0 Å². The van der Waals surface area contributed by atoms with E-state index in [-0.39, 0.29) is 22.9 Å². The Morgan fingerprint density at radius 3 is 2.30 bits per heavy atom. The Kier molecular flexibility index (Phi) is 6.01. The molecule has 110 valence electrons. The number of non-ortho nitro benzene ring substituents is 1. The van der Waals surface area contributed by atoms with E-state index in [2.05, 4.69) is 0 Å². The zero-order valence-electron chi connectivity index (χ0n) is 12.2. The number of nitrogens with zero attached hydrogens (tertiary/aromatic N) is 2. The van der Waals surface area contributed by atoms with E-state index in [0.29, 0.717) is 5.75 Å². The number of amides is 1. The van der Waals surface area contributed by atoms with Crippen molar-refractivity contribution in [2.24, 2.45) is 0 Å². The summed E-state index contributed by atoms with van der Waals surface area (Å²) < 4.78 is 0. The van der Waals surface area contributed by atoms with Gasteiger partial charge in [-0.3, -0.25) is 14.9 Å². The maximum atomic E-state index is 12.1. The van der Waals surface area contributed by atoms with Crippen molar-refractivity contribution in [3.8, 4) is 0 Å². The largest absolute Gasteiger partial charge is 0.342 e. The van der Waals surface area contributed by atoms with Gasteiger partial charge in [-0.25, -0.2) is 0 Å². The van der Waals surface area contributed by atoms with Gasteiger partial charge in [0.05, 0.1) is 10.2 Å². The van der Waals surface area contributed by atoms with Gasteiger partial charge in [0.15, 0.2) is 0 Å². The molecule has 1 aromatic carbocycles. The van der Waals surface area contributed by atoms with Gasteiger partial charge < -0.3 is 4.90 Å². The Bertz CT molecular complexity index is 474. The molecule has 1 aromatic rings. The maximum absolute atomic E-state index is 12.1. The highest BCUT2D eigenvalue weighted by atomic mass is 32.2. The fraction of sp³-hybridized carbons (Fsp3) is 0.500. The monoisotopic (exact) mass is 296 g/mol. The van der Waals surface area contributed by atoms with Gasteiger partial charge >= 0.3 is 0 Å². The SMILES string of the molecule is CC(C)N(C)C(=O)[C@@H](C)SCc1ccc([N+](=O)[O-])cc1. The first kappa shape index (κ1) is 16.5. The average Bonchev–Trinajstić information content (AvgIpc) is 2.43. The van der Waals surface area contributed by atoms with Crippen molar-refractivity contribution < 1.29 is 9.72 Å². The van der Waals surface area contributed by atoms with Crippen molar-refractivity contribution in [2.75, 3.05) is 7.05 Å². The highest BCUT2D eigenvalue weighted by Gasteiger charge is 2.19. The molecule has 0 saturated heterocycles. The summed E-state index contributed by atoms with van der Waals surface area (Å²) in [5.74, 6) is 0.767. The standard InChI is InChI=1S/C14H20N2O3S/c1-10(2)15(4)14(17)11(3)20-9-12-5-7-13(8-6-12)16(18)19/h5-8,10-11H,9H2,1-4H3/t11-/m1/s1. The number of hydrogen-bond acceptors (Lipinski definition) is 4. The zero-order chi connectivity index (χ0) is 15.3. The summed E-state index contributed by atoms with van der Waals surface area (Å²) >= 11 is 1.54. The second kappa shape index (κ2) is 7.28. The molecule has 0 aliphatic carbocycles. The third kappa shape index (κ3) is 4.52. The molecular formula is C14H20N2O3S. The Labute approximate surface area is 123 Å². The molecule has 0 aromatic heterocycles. The number of rotatable bonds is 6. The van der Waals surface area contributed by atoms with Crippen molar-refractivity contribution in [2.45, 2.75) is 37.8 Å². The minimum Gasteiger partial charge on any atom is -0.342 e. The molecule has 0 fully saturated rings. The number of thioether (sulfide) groups is 1. The van der Waals surface area contributed by atoms with Gasteiger partial charge in [0.25, 0.3) is 5.69 Å². The van der Waals surface area contributed by atoms with Crippen molar-refractivity contribution >= 4 is 23.4 Å². The van der Waals surface area contributed by atoms with E-state index in [1.165, 1.54) is 23.9 Å². The summed E-state index contributed by atoms with van der Waals surface area (Å²) in [6.07, 6.45) is 0. The molecule has 0 aliphatic rings. The minimum atomic E-state index is -0.416. The van der Waals surface area contributed by atoms with E-state index in [1.807, 2.05) is 20.8 Å². The minimum absolute atomic E-state index is 0.0856. The smallest absolute Gasteiger partial charge is 0.269 e. The first-order chi connectivity index (χ1) is 9.32. The lowest BCUT2D eigenvalue weighted by molar-refractivity contribution is -0.384. The van der Waals surface area contributed by atoms with E-state index in [9.17, 15) is 14.9 Å². The van der Waals surface area contributed by atoms with Crippen molar-refractivity contribution in [1.82, 2.24) is 4.90 Å². The highest BCUT2D eigenvalue weighted by molar-refractivity contribution is 7.99. The van der Waals surface area contributed by atoms with E-state index in [0.717, 1.165) is 5.56 Å². The van der Waals surface area contributed by atoms with Crippen LogP contribution < -0.4 is 0 Å². The summed E-state index contributed by atoms with van der Waals surface area (Å²) in [6.45, 7) is 5.84. The number of hydrogen-bond donors (Lipinski definition) is 0. The lowest BCUT2D eigenvalue weighted by Crippen LogP contribution is -2.38. The maximum Gasteiger partial charge on any atom is 0.269 e. The number of carbonyl (C=O) groups excluding carboxylic acids is 1. The molecule has 0 spiro atoms. The van der Waals surface area contributed by atoms with Crippen LogP contribution in [-0.2, 0) is 10.5 Å². The van der Waals surface area contributed by atoms with Crippen LogP contribution in [-0.4, -0.2) is 34.1 Å². The van der Waals surface area contributed by atoms with Gasteiger partial charge in [0.2, 0.25) is 5.91 Å². The van der Waals surface area contributed by atoms with Crippen LogP contribution in [0.1, 0.15) is 26.3 Å². The van der Waals surface area contributed by atoms with Gasteiger partial charge in [0, 0.05) is 31.0 Å².